The van der Waals surface area contributed by atoms with Crippen LogP contribution in [0.2, 0.25) is 5.02 Å². The third-order valence-corrected chi connectivity index (χ3v) is 2.93. The highest BCUT2D eigenvalue weighted by atomic mass is 35.5. The lowest BCUT2D eigenvalue weighted by molar-refractivity contribution is 0.101. The molecule has 88 valence electrons. The van der Waals surface area contributed by atoms with E-state index in [2.05, 4.69) is 0 Å². The molecule has 0 bridgehead atoms. The standard InChI is InChI=1S/C13H12ClNO2/c1-8-2-3-9(6-11(8)14)13(16)12-5-4-10(7-15)17-12/h2-6H,7,15H2,1H3. The van der Waals surface area contributed by atoms with Crippen LogP contribution in [0, 0.1) is 6.92 Å². The Morgan fingerprint density at radius 3 is 2.71 bits per heavy atom. The number of hydrogen-bond donors (Lipinski definition) is 1. The molecule has 3 nitrogen and oxygen atoms in total. The Morgan fingerprint density at radius 1 is 1.35 bits per heavy atom. The summed E-state index contributed by atoms with van der Waals surface area (Å²) in [7, 11) is 0. The van der Waals surface area contributed by atoms with Crippen molar-refractivity contribution in [3.05, 3.63) is 58.0 Å². The van der Waals surface area contributed by atoms with E-state index >= 15 is 0 Å². The molecule has 2 rings (SSSR count). The number of furan rings is 1. The predicted octanol–water partition coefficient (Wildman–Crippen LogP) is 2.93. The number of nitrogens with two attached hydrogens (primary N) is 1. The summed E-state index contributed by atoms with van der Waals surface area (Å²) in [5, 5.41) is 0.571. The van der Waals surface area contributed by atoms with Gasteiger partial charge in [0, 0.05) is 10.6 Å². The number of ketones is 1. The zero-order valence-electron chi connectivity index (χ0n) is 9.37. The Kier molecular flexibility index (Phi) is 3.31. The summed E-state index contributed by atoms with van der Waals surface area (Å²) in [5.74, 6) is 0.684. The highest BCUT2D eigenvalue weighted by Gasteiger charge is 2.14. The minimum Gasteiger partial charge on any atom is -0.456 e. The first-order valence-corrected chi connectivity index (χ1v) is 5.59. The average Bonchev–Trinajstić information content (AvgIpc) is 2.80. The van der Waals surface area contributed by atoms with Crippen molar-refractivity contribution >= 4 is 17.4 Å². The van der Waals surface area contributed by atoms with Gasteiger partial charge in [-0.2, -0.15) is 0 Å². The molecule has 0 fully saturated rings. The molecule has 0 saturated carbocycles. The van der Waals surface area contributed by atoms with Crippen molar-refractivity contribution in [2.24, 2.45) is 5.73 Å². The molecule has 0 spiro atoms. The average molecular weight is 250 g/mol. The van der Waals surface area contributed by atoms with Gasteiger partial charge in [0.25, 0.3) is 0 Å². The smallest absolute Gasteiger partial charge is 0.228 e. The molecular formula is C13H12ClNO2. The first kappa shape index (κ1) is 11.9. The van der Waals surface area contributed by atoms with Gasteiger partial charge in [-0.05, 0) is 30.7 Å². The van der Waals surface area contributed by atoms with Crippen LogP contribution in [0.4, 0.5) is 0 Å². The first-order valence-electron chi connectivity index (χ1n) is 5.21. The molecule has 1 heterocycles. The zero-order valence-corrected chi connectivity index (χ0v) is 10.1. The maximum absolute atomic E-state index is 12.0. The SMILES string of the molecule is Cc1ccc(C(=O)c2ccc(CN)o2)cc1Cl. The van der Waals surface area contributed by atoms with Crippen molar-refractivity contribution in [2.45, 2.75) is 13.5 Å². The molecule has 2 N–H and O–H groups in total. The van der Waals surface area contributed by atoms with Gasteiger partial charge in [0.05, 0.1) is 6.54 Å². The molecule has 0 amide bonds. The maximum atomic E-state index is 12.0. The van der Waals surface area contributed by atoms with Gasteiger partial charge < -0.3 is 10.2 Å². The Labute approximate surface area is 104 Å². The van der Waals surface area contributed by atoms with E-state index in [0.717, 1.165) is 5.56 Å². The quantitative estimate of drug-likeness (QED) is 0.851. The van der Waals surface area contributed by atoms with Crippen molar-refractivity contribution in [3.8, 4) is 0 Å². The van der Waals surface area contributed by atoms with Crippen LogP contribution in [-0.2, 0) is 6.54 Å². The van der Waals surface area contributed by atoms with Crippen LogP contribution in [0.1, 0.15) is 27.4 Å². The number of halogens is 1. The summed E-state index contributed by atoms with van der Waals surface area (Å²) in [6, 6.07) is 8.50. The highest BCUT2D eigenvalue weighted by molar-refractivity contribution is 6.31. The van der Waals surface area contributed by atoms with Gasteiger partial charge in [-0.3, -0.25) is 4.79 Å². The van der Waals surface area contributed by atoms with E-state index in [0.29, 0.717) is 16.3 Å². The summed E-state index contributed by atoms with van der Waals surface area (Å²) in [6.45, 7) is 2.16. The van der Waals surface area contributed by atoms with Crippen molar-refractivity contribution in [1.82, 2.24) is 0 Å². The lowest BCUT2D eigenvalue weighted by Crippen LogP contribution is -2.00. The van der Waals surface area contributed by atoms with Crippen LogP contribution in [0.3, 0.4) is 0 Å². The summed E-state index contributed by atoms with van der Waals surface area (Å²) in [6.07, 6.45) is 0. The molecule has 1 aromatic heterocycles. The van der Waals surface area contributed by atoms with Crippen molar-refractivity contribution in [2.75, 3.05) is 0 Å². The van der Waals surface area contributed by atoms with Crippen molar-refractivity contribution < 1.29 is 9.21 Å². The van der Waals surface area contributed by atoms with Gasteiger partial charge in [-0.15, -0.1) is 0 Å². The maximum Gasteiger partial charge on any atom is 0.228 e. The van der Waals surface area contributed by atoms with Gasteiger partial charge in [0.2, 0.25) is 5.78 Å². The van der Waals surface area contributed by atoms with E-state index in [1.54, 1.807) is 24.3 Å². The van der Waals surface area contributed by atoms with E-state index in [4.69, 9.17) is 21.8 Å². The number of aryl methyl sites for hydroxylation is 1. The lowest BCUT2D eigenvalue weighted by atomic mass is 10.1. The van der Waals surface area contributed by atoms with Gasteiger partial charge in [-0.25, -0.2) is 0 Å². The normalized spacial score (nSPS) is 10.5. The van der Waals surface area contributed by atoms with Crippen LogP contribution in [0.25, 0.3) is 0 Å². The second-order valence-corrected chi connectivity index (χ2v) is 4.17. The van der Waals surface area contributed by atoms with Crippen LogP contribution in [-0.4, -0.2) is 5.78 Å². The van der Waals surface area contributed by atoms with Gasteiger partial charge in [0.1, 0.15) is 5.76 Å². The van der Waals surface area contributed by atoms with Crippen LogP contribution in [0.15, 0.2) is 34.7 Å². The Bertz CT molecular complexity index is 560. The molecule has 0 aliphatic rings. The van der Waals surface area contributed by atoms with Crippen LogP contribution < -0.4 is 5.73 Å². The summed E-state index contributed by atoms with van der Waals surface area (Å²) in [5.41, 5.74) is 6.87. The van der Waals surface area contributed by atoms with E-state index in [-0.39, 0.29) is 18.1 Å². The summed E-state index contributed by atoms with van der Waals surface area (Å²) in [4.78, 5) is 12.0. The van der Waals surface area contributed by atoms with Crippen LogP contribution in [0.5, 0.6) is 0 Å². The minimum absolute atomic E-state index is 0.188. The Balaban J connectivity index is 2.33. The molecule has 0 aliphatic heterocycles. The van der Waals surface area contributed by atoms with E-state index < -0.39 is 0 Å². The van der Waals surface area contributed by atoms with Gasteiger partial charge in [-0.1, -0.05) is 23.7 Å². The lowest BCUT2D eigenvalue weighted by Gasteiger charge is -2.01. The molecule has 0 saturated heterocycles. The topological polar surface area (TPSA) is 56.2 Å². The molecule has 17 heavy (non-hydrogen) atoms. The summed E-state index contributed by atoms with van der Waals surface area (Å²) < 4.78 is 5.30. The number of carbonyl (C=O) groups is 1. The van der Waals surface area contributed by atoms with E-state index in [1.807, 2.05) is 13.0 Å². The fraction of sp³-hybridized carbons (Fsp3) is 0.154. The van der Waals surface area contributed by atoms with E-state index in [1.165, 1.54) is 0 Å². The fourth-order valence-corrected chi connectivity index (χ4v) is 1.67. The first-order chi connectivity index (χ1) is 8.11. The largest absolute Gasteiger partial charge is 0.456 e. The summed E-state index contributed by atoms with van der Waals surface area (Å²) >= 11 is 5.98. The Morgan fingerprint density at radius 2 is 2.12 bits per heavy atom. The van der Waals surface area contributed by atoms with E-state index in [9.17, 15) is 4.79 Å². The molecule has 2 aromatic rings. The number of benzene rings is 1. The number of rotatable bonds is 3. The second kappa shape index (κ2) is 4.73. The predicted molar refractivity (Wildman–Crippen MR) is 66.2 cm³/mol. The molecule has 4 heteroatoms. The van der Waals surface area contributed by atoms with Gasteiger partial charge >= 0.3 is 0 Å². The molecule has 0 radical (unpaired) electrons. The third kappa shape index (κ3) is 2.40. The molecular weight excluding hydrogens is 238 g/mol. The monoisotopic (exact) mass is 249 g/mol. The molecule has 1 aromatic carbocycles. The van der Waals surface area contributed by atoms with Crippen LogP contribution >= 0.6 is 11.6 Å². The molecule has 0 atom stereocenters. The Hall–Kier alpha value is -1.58. The fourth-order valence-electron chi connectivity index (χ4n) is 1.49. The number of carbonyl (C=O) groups excluding carboxylic acids is 1. The van der Waals surface area contributed by atoms with Crippen molar-refractivity contribution in [1.29, 1.82) is 0 Å². The van der Waals surface area contributed by atoms with Crippen molar-refractivity contribution in [3.63, 3.8) is 0 Å². The molecule has 0 unspecified atom stereocenters. The second-order valence-electron chi connectivity index (χ2n) is 3.76. The van der Waals surface area contributed by atoms with Gasteiger partial charge in [0.15, 0.2) is 5.76 Å². The minimum atomic E-state index is -0.188. The number of hydrogen-bond acceptors (Lipinski definition) is 3. The zero-order chi connectivity index (χ0) is 12.4. The molecule has 0 aliphatic carbocycles. The third-order valence-electron chi connectivity index (χ3n) is 2.52. The highest BCUT2D eigenvalue weighted by Crippen LogP contribution is 2.20.